The van der Waals surface area contributed by atoms with Crippen LogP contribution in [0.2, 0.25) is 0 Å². The average Bonchev–Trinajstić information content (AvgIpc) is 2.91. The zero-order valence-electron chi connectivity index (χ0n) is 15.0. The minimum Gasteiger partial charge on any atom is -0.357 e. The first-order valence-electron chi connectivity index (χ1n) is 9.09. The third-order valence-corrected chi connectivity index (χ3v) is 5.07. The number of nitrogens with zero attached hydrogens (tertiary/aromatic N) is 1. The number of unbranched alkanes of at least 4 members (excludes halogenated alkanes) is 2. The summed E-state index contributed by atoms with van der Waals surface area (Å²) < 4.78 is 5.57. The van der Waals surface area contributed by atoms with E-state index in [0.29, 0.717) is 18.5 Å². The molecule has 2 aliphatic heterocycles. The molecular weight excluding hydrogens is 334 g/mol. The Hall–Kier alpha value is -2.25. The standard InChI is InChI=1S/C19H25N3O4/c1-26-19-13-8-5-7-12(6-3-2-4-11-20)16(13)18(25)22(19)14-9-10-15(23)21-17(14)24/h5,7-8,14,19H,2-4,6,9-11,20H2,1H3,(H,21,23,24). The summed E-state index contributed by atoms with van der Waals surface area (Å²) >= 11 is 0. The van der Waals surface area contributed by atoms with E-state index in [1.165, 1.54) is 12.0 Å². The van der Waals surface area contributed by atoms with Crippen molar-refractivity contribution >= 4 is 17.7 Å². The number of hydrogen-bond acceptors (Lipinski definition) is 5. The number of ether oxygens (including phenoxy) is 1. The molecule has 0 radical (unpaired) electrons. The van der Waals surface area contributed by atoms with Crippen LogP contribution in [0, 0.1) is 0 Å². The fourth-order valence-corrected chi connectivity index (χ4v) is 3.81. The Morgan fingerprint density at radius 2 is 2.04 bits per heavy atom. The lowest BCUT2D eigenvalue weighted by atomic mass is 9.98. The summed E-state index contributed by atoms with van der Waals surface area (Å²) in [6.07, 6.45) is 3.65. The molecule has 0 saturated carbocycles. The van der Waals surface area contributed by atoms with E-state index in [2.05, 4.69) is 5.32 Å². The van der Waals surface area contributed by atoms with Gasteiger partial charge in [-0.05, 0) is 37.8 Å². The highest BCUT2D eigenvalue weighted by Gasteiger charge is 2.45. The Labute approximate surface area is 152 Å². The Bertz CT molecular complexity index is 719. The Morgan fingerprint density at radius 3 is 2.73 bits per heavy atom. The minimum absolute atomic E-state index is 0.198. The summed E-state index contributed by atoms with van der Waals surface area (Å²) in [7, 11) is 1.53. The van der Waals surface area contributed by atoms with Crippen molar-refractivity contribution < 1.29 is 19.1 Å². The topological polar surface area (TPSA) is 102 Å². The lowest BCUT2D eigenvalue weighted by molar-refractivity contribution is -0.140. The first kappa shape index (κ1) is 18.5. The number of fused-ring (bicyclic) bond motifs is 1. The van der Waals surface area contributed by atoms with Crippen LogP contribution in [0.15, 0.2) is 18.2 Å². The number of hydrogen-bond donors (Lipinski definition) is 2. The SMILES string of the molecule is COC1c2cccc(CCCCCN)c2C(=O)N1C1CCC(=O)NC1=O. The highest BCUT2D eigenvalue weighted by molar-refractivity contribution is 6.06. The number of methoxy groups -OCH3 is 1. The van der Waals surface area contributed by atoms with Gasteiger partial charge in [-0.15, -0.1) is 0 Å². The number of nitrogens with one attached hydrogen (secondary N) is 1. The van der Waals surface area contributed by atoms with Gasteiger partial charge in [-0.2, -0.15) is 0 Å². The average molecular weight is 359 g/mol. The second-order valence-electron chi connectivity index (χ2n) is 6.75. The van der Waals surface area contributed by atoms with Crippen molar-refractivity contribution in [3.05, 3.63) is 34.9 Å². The van der Waals surface area contributed by atoms with E-state index in [9.17, 15) is 14.4 Å². The first-order valence-corrected chi connectivity index (χ1v) is 9.09. The molecule has 2 heterocycles. The van der Waals surface area contributed by atoms with E-state index in [1.54, 1.807) is 0 Å². The van der Waals surface area contributed by atoms with Gasteiger partial charge < -0.3 is 10.5 Å². The van der Waals surface area contributed by atoms with Gasteiger partial charge in [-0.3, -0.25) is 24.6 Å². The molecule has 0 aromatic heterocycles. The smallest absolute Gasteiger partial charge is 0.257 e. The molecule has 2 unspecified atom stereocenters. The van der Waals surface area contributed by atoms with Crippen LogP contribution in [0.25, 0.3) is 0 Å². The van der Waals surface area contributed by atoms with Crippen molar-refractivity contribution in [2.75, 3.05) is 13.7 Å². The molecule has 0 aliphatic carbocycles. The molecule has 1 fully saturated rings. The molecule has 1 saturated heterocycles. The molecule has 1 aromatic rings. The Morgan fingerprint density at radius 1 is 1.23 bits per heavy atom. The molecule has 7 heteroatoms. The molecule has 3 amide bonds. The van der Waals surface area contributed by atoms with E-state index in [0.717, 1.165) is 36.8 Å². The van der Waals surface area contributed by atoms with Crippen LogP contribution < -0.4 is 11.1 Å². The molecule has 26 heavy (non-hydrogen) atoms. The third kappa shape index (κ3) is 3.37. The van der Waals surface area contributed by atoms with E-state index >= 15 is 0 Å². The number of imide groups is 1. The van der Waals surface area contributed by atoms with Gasteiger partial charge in [0.25, 0.3) is 5.91 Å². The van der Waals surface area contributed by atoms with Gasteiger partial charge in [0.1, 0.15) is 6.04 Å². The van der Waals surface area contributed by atoms with Gasteiger partial charge in [0.15, 0.2) is 6.23 Å². The van der Waals surface area contributed by atoms with Gasteiger partial charge in [-0.1, -0.05) is 24.6 Å². The zero-order valence-corrected chi connectivity index (χ0v) is 15.0. The summed E-state index contributed by atoms with van der Waals surface area (Å²) in [5.74, 6) is -0.935. The second-order valence-corrected chi connectivity index (χ2v) is 6.75. The monoisotopic (exact) mass is 359 g/mol. The van der Waals surface area contributed by atoms with Crippen molar-refractivity contribution in [3.8, 4) is 0 Å². The Balaban J connectivity index is 1.87. The van der Waals surface area contributed by atoms with Crippen molar-refractivity contribution in [1.29, 1.82) is 0 Å². The molecular formula is C19H25N3O4. The number of carbonyl (C=O) groups excluding carboxylic acids is 3. The van der Waals surface area contributed by atoms with Gasteiger partial charge in [0.2, 0.25) is 11.8 Å². The summed E-state index contributed by atoms with van der Waals surface area (Å²) in [5, 5.41) is 2.32. The number of rotatable bonds is 7. The maximum absolute atomic E-state index is 13.2. The molecule has 3 rings (SSSR count). The molecule has 0 spiro atoms. The fraction of sp³-hybridized carbons (Fsp3) is 0.526. The second kappa shape index (κ2) is 7.97. The highest BCUT2D eigenvalue weighted by atomic mass is 16.5. The summed E-state index contributed by atoms with van der Waals surface area (Å²) in [5.41, 5.74) is 7.94. The van der Waals surface area contributed by atoms with E-state index in [-0.39, 0.29) is 18.2 Å². The van der Waals surface area contributed by atoms with Crippen LogP contribution in [0.3, 0.4) is 0 Å². The number of piperidine rings is 1. The fourth-order valence-electron chi connectivity index (χ4n) is 3.81. The van der Waals surface area contributed by atoms with Gasteiger partial charge in [-0.25, -0.2) is 0 Å². The summed E-state index contributed by atoms with van der Waals surface area (Å²) in [4.78, 5) is 38.4. The third-order valence-electron chi connectivity index (χ3n) is 5.07. The zero-order chi connectivity index (χ0) is 18.7. The highest BCUT2D eigenvalue weighted by Crippen LogP contribution is 2.39. The predicted molar refractivity (Wildman–Crippen MR) is 95.1 cm³/mol. The lowest BCUT2D eigenvalue weighted by Gasteiger charge is -2.33. The van der Waals surface area contributed by atoms with Crippen LogP contribution in [-0.2, 0) is 20.7 Å². The normalized spacial score (nSPS) is 22.5. The minimum atomic E-state index is -0.692. The quantitative estimate of drug-likeness (QED) is 0.564. The summed E-state index contributed by atoms with van der Waals surface area (Å²) in [6.45, 7) is 0.668. The number of aryl methyl sites for hydroxylation is 1. The molecule has 2 aliphatic rings. The van der Waals surface area contributed by atoms with Crippen molar-refractivity contribution in [3.63, 3.8) is 0 Å². The maximum Gasteiger partial charge on any atom is 0.257 e. The largest absolute Gasteiger partial charge is 0.357 e. The van der Waals surface area contributed by atoms with Crippen LogP contribution in [0.4, 0.5) is 0 Å². The van der Waals surface area contributed by atoms with Crippen molar-refractivity contribution in [1.82, 2.24) is 10.2 Å². The number of carbonyl (C=O) groups is 3. The van der Waals surface area contributed by atoms with Crippen LogP contribution >= 0.6 is 0 Å². The van der Waals surface area contributed by atoms with E-state index in [1.807, 2.05) is 18.2 Å². The molecule has 140 valence electrons. The first-order chi connectivity index (χ1) is 12.6. The van der Waals surface area contributed by atoms with Crippen molar-refractivity contribution in [2.45, 2.75) is 50.8 Å². The van der Waals surface area contributed by atoms with E-state index < -0.39 is 18.2 Å². The molecule has 2 atom stereocenters. The maximum atomic E-state index is 13.2. The predicted octanol–water partition coefficient (Wildman–Crippen LogP) is 1.26. The van der Waals surface area contributed by atoms with Crippen LogP contribution in [0.1, 0.15) is 59.8 Å². The molecule has 3 N–H and O–H groups in total. The summed E-state index contributed by atoms with van der Waals surface area (Å²) in [6, 6.07) is 5.06. The lowest BCUT2D eigenvalue weighted by Crippen LogP contribution is -2.53. The van der Waals surface area contributed by atoms with Gasteiger partial charge in [0, 0.05) is 19.1 Å². The van der Waals surface area contributed by atoms with Crippen LogP contribution in [0.5, 0.6) is 0 Å². The number of benzene rings is 1. The van der Waals surface area contributed by atoms with Crippen molar-refractivity contribution in [2.24, 2.45) is 5.73 Å². The number of amides is 3. The number of nitrogens with two attached hydrogens (primary N) is 1. The van der Waals surface area contributed by atoms with E-state index in [4.69, 9.17) is 10.5 Å². The molecule has 1 aromatic carbocycles. The molecule has 0 bridgehead atoms. The van der Waals surface area contributed by atoms with Crippen LogP contribution in [-0.4, -0.2) is 42.3 Å². The van der Waals surface area contributed by atoms with Gasteiger partial charge in [0.05, 0.1) is 5.56 Å². The molecule has 7 nitrogen and oxygen atoms in total. The van der Waals surface area contributed by atoms with Gasteiger partial charge >= 0.3 is 0 Å². The Kier molecular flexibility index (Phi) is 5.68.